The van der Waals surface area contributed by atoms with E-state index in [1.54, 1.807) is 20.8 Å². The molecule has 0 saturated heterocycles. The van der Waals surface area contributed by atoms with Crippen molar-refractivity contribution >= 4 is 28.5 Å². The van der Waals surface area contributed by atoms with Crippen LogP contribution in [0.15, 0.2) is 41.2 Å². The zero-order valence-electron chi connectivity index (χ0n) is 20.0. The molecule has 1 aromatic heterocycles. The number of benzene rings is 2. The fourth-order valence-corrected chi connectivity index (χ4v) is 4.21. The zero-order chi connectivity index (χ0) is 27.3. The number of rotatable bonds is 4. The molecule has 0 bridgehead atoms. The number of hydrogen-bond donors (Lipinski definition) is 3. The molecule has 2 heterocycles. The third-order valence-corrected chi connectivity index (χ3v) is 5.70. The molecule has 1 aliphatic heterocycles. The average Bonchev–Trinajstić information content (AvgIpc) is 2.79. The van der Waals surface area contributed by atoms with E-state index in [-0.39, 0.29) is 23.1 Å². The summed E-state index contributed by atoms with van der Waals surface area (Å²) in [6.07, 6.45) is -4.56. The molecular weight excluding hydrogens is 498 g/mol. The molecule has 196 valence electrons. The van der Waals surface area contributed by atoms with Gasteiger partial charge in [-0.15, -0.1) is 0 Å². The van der Waals surface area contributed by atoms with Gasteiger partial charge in [0.2, 0.25) is 0 Å². The minimum Gasteiger partial charge on any atom is -0.506 e. The molecule has 2 aromatic carbocycles. The Balaban J connectivity index is 1.82. The third kappa shape index (κ3) is 5.09. The maximum absolute atomic E-state index is 14.3. The summed E-state index contributed by atoms with van der Waals surface area (Å²) in [6, 6.07) is 5.29. The lowest BCUT2D eigenvalue weighted by Gasteiger charge is -2.30. The highest BCUT2D eigenvalue weighted by atomic mass is 19.4. The minimum absolute atomic E-state index is 0.0133. The summed E-state index contributed by atoms with van der Waals surface area (Å²) in [4.78, 5) is 38.5. The van der Waals surface area contributed by atoms with Gasteiger partial charge in [0.15, 0.2) is 0 Å². The van der Waals surface area contributed by atoms with Crippen molar-refractivity contribution in [2.24, 2.45) is 0 Å². The standard InChI is InChI=1S/C25H23F4N3O5/c1-24(2,3)37-18(33)11-31-22(35)19-21(34)15-8-14(26)9-16-20(15)32(23(19)36)17(10-30-16)12-4-6-13(7-5-12)25(27,28)29/h4-9,17,30,34H,10-11H2,1-3H3,(H,31,35). The van der Waals surface area contributed by atoms with Gasteiger partial charge < -0.3 is 20.5 Å². The topological polar surface area (TPSA) is 110 Å². The predicted molar refractivity (Wildman–Crippen MR) is 126 cm³/mol. The van der Waals surface area contributed by atoms with E-state index < -0.39 is 64.5 Å². The molecule has 8 nitrogen and oxygen atoms in total. The normalized spacial score (nSPS) is 15.3. The fraction of sp³-hybridized carbons (Fsp3) is 0.320. The van der Waals surface area contributed by atoms with E-state index in [1.165, 1.54) is 12.1 Å². The van der Waals surface area contributed by atoms with Crippen molar-refractivity contribution in [3.8, 4) is 5.75 Å². The SMILES string of the molecule is CC(C)(C)OC(=O)CNC(=O)c1c(O)c2cc(F)cc3c2n(c1=O)C(c1ccc(C(F)(F)F)cc1)CN3. The maximum atomic E-state index is 14.3. The summed E-state index contributed by atoms with van der Waals surface area (Å²) in [7, 11) is 0. The highest BCUT2D eigenvalue weighted by Gasteiger charge is 2.33. The average molecular weight is 521 g/mol. The van der Waals surface area contributed by atoms with E-state index in [1.807, 2.05) is 0 Å². The van der Waals surface area contributed by atoms with Crippen LogP contribution in [-0.4, -0.2) is 40.2 Å². The van der Waals surface area contributed by atoms with Crippen LogP contribution in [0.25, 0.3) is 10.9 Å². The second-order valence-corrected chi connectivity index (χ2v) is 9.53. The summed E-state index contributed by atoms with van der Waals surface area (Å²) in [5.74, 6) is -3.45. The smallest absolute Gasteiger partial charge is 0.416 e. The number of alkyl halides is 3. The monoisotopic (exact) mass is 521 g/mol. The second kappa shape index (κ2) is 9.09. The highest BCUT2D eigenvalue weighted by molar-refractivity contribution is 6.05. The number of pyridine rings is 1. The Bertz CT molecular complexity index is 1460. The second-order valence-electron chi connectivity index (χ2n) is 9.53. The molecule has 12 heteroatoms. The van der Waals surface area contributed by atoms with Crippen molar-refractivity contribution in [1.29, 1.82) is 0 Å². The number of hydrogen-bond acceptors (Lipinski definition) is 6. The Morgan fingerprint density at radius 1 is 1.16 bits per heavy atom. The van der Waals surface area contributed by atoms with Crippen LogP contribution in [0.4, 0.5) is 23.2 Å². The largest absolute Gasteiger partial charge is 0.506 e. The van der Waals surface area contributed by atoms with Crippen LogP contribution in [0, 0.1) is 5.82 Å². The summed E-state index contributed by atoms with van der Waals surface area (Å²) in [5, 5.41) is 15.8. The Hall–Kier alpha value is -4.09. The Kier molecular flexibility index (Phi) is 6.39. The first-order valence-electron chi connectivity index (χ1n) is 11.2. The summed E-state index contributed by atoms with van der Waals surface area (Å²) in [6.45, 7) is 4.26. The third-order valence-electron chi connectivity index (χ3n) is 5.70. The number of halogens is 4. The maximum Gasteiger partial charge on any atom is 0.416 e. The number of aromatic hydroxyl groups is 1. The number of nitrogens with one attached hydrogen (secondary N) is 2. The molecule has 0 saturated carbocycles. The van der Waals surface area contributed by atoms with Crippen LogP contribution in [0.1, 0.15) is 48.3 Å². The molecule has 0 spiro atoms. The van der Waals surface area contributed by atoms with Crippen LogP contribution in [0.3, 0.4) is 0 Å². The minimum atomic E-state index is -4.56. The van der Waals surface area contributed by atoms with Gasteiger partial charge in [-0.3, -0.25) is 19.0 Å². The molecule has 3 N–H and O–H groups in total. The van der Waals surface area contributed by atoms with Crippen LogP contribution in [0.5, 0.6) is 5.75 Å². The fourth-order valence-electron chi connectivity index (χ4n) is 4.21. The van der Waals surface area contributed by atoms with Crippen molar-refractivity contribution in [3.05, 3.63) is 69.3 Å². The van der Waals surface area contributed by atoms with Crippen LogP contribution < -0.4 is 16.2 Å². The molecule has 1 atom stereocenters. The number of carbonyl (C=O) groups is 2. The van der Waals surface area contributed by atoms with Gasteiger partial charge in [0.1, 0.15) is 29.3 Å². The van der Waals surface area contributed by atoms with Crippen molar-refractivity contribution in [2.75, 3.05) is 18.4 Å². The van der Waals surface area contributed by atoms with Gasteiger partial charge >= 0.3 is 12.1 Å². The molecule has 1 amide bonds. The lowest BCUT2D eigenvalue weighted by atomic mass is 9.99. The van der Waals surface area contributed by atoms with Crippen LogP contribution in [-0.2, 0) is 15.7 Å². The van der Waals surface area contributed by atoms with Crippen molar-refractivity contribution < 1.29 is 37.0 Å². The van der Waals surface area contributed by atoms with E-state index in [0.29, 0.717) is 5.56 Å². The van der Waals surface area contributed by atoms with Crippen molar-refractivity contribution in [3.63, 3.8) is 0 Å². The molecule has 3 aromatic rings. The van der Waals surface area contributed by atoms with Crippen molar-refractivity contribution in [1.82, 2.24) is 9.88 Å². The van der Waals surface area contributed by atoms with Gasteiger partial charge in [-0.1, -0.05) is 12.1 Å². The molecule has 37 heavy (non-hydrogen) atoms. The summed E-state index contributed by atoms with van der Waals surface area (Å²) >= 11 is 0. The van der Waals surface area contributed by atoms with Crippen LogP contribution >= 0.6 is 0 Å². The number of esters is 1. The van der Waals surface area contributed by atoms with E-state index in [2.05, 4.69) is 10.6 Å². The lowest BCUT2D eigenvalue weighted by Crippen LogP contribution is -2.41. The van der Waals surface area contributed by atoms with E-state index >= 15 is 0 Å². The van der Waals surface area contributed by atoms with E-state index in [4.69, 9.17) is 4.74 Å². The first-order valence-corrected chi connectivity index (χ1v) is 11.2. The number of nitrogens with zero attached hydrogens (tertiary/aromatic N) is 1. The molecule has 1 aliphatic rings. The van der Waals surface area contributed by atoms with E-state index in [0.717, 1.165) is 28.8 Å². The molecule has 1 unspecified atom stereocenters. The number of amides is 1. The number of ether oxygens (including phenoxy) is 1. The van der Waals surface area contributed by atoms with Crippen molar-refractivity contribution in [2.45, 2.75) is 38.6 Å². The molecular formula is C25H23F4N3O5. The highest BCUT2D eigenvalue weighted by Crippen LogP contribution is 2.38. The van der Waals surface area contributed by atoms with Gasteiger partial charge in [0.25, 0.3) is 11.5 Å². The molecule has 0 aliphatic carbocycles. The molecule has 4 rings (SSSR count). The van der Waals surface area contributed by atoms with Gasteiger partial charge in [-0.05, 0) is 50.6 Å². The Morgan fingerprint density at radius 3 is 2.41 bits per heavy atom. The molecule has 0 radical (unpaired) electrons. The quantitative estimate of drug-likeness (QED) is 0.354. The van der Waals surface area contributed by atoms with Gasteiger partial charge in [0, 0.05) is 11.9 Å². The lowest BCUT2D eigenvalue weighted by molar-refractivity contribution is -0.153. The molecule has 0 fully saturated rings. The Morgan fingerprint density at radius 2 is 1.81 bits per heavy atom. The summed E-state index contributed by atoms with van der Waals surface area (Å²) in [5.41, 5.74) is -2.88. The van der Waals surface area contributed by atoms with Gasteiger partial charge in [0.05, 0.1) is 22.8 Å². The Labute approximate surface area is 207 Å². The first kappa shape index (κ1) is 26.0. The predicted octanol–water partition coefficient (Wildman–Crippen LogP) is 3.95. The van der Waals surface area contributed by atoms with Crippen LogP contribution in [0.2, 0.25) is 0 Å². The first-order chi connectivity index (χ1) is 17.2. The number of carbonyl (C=O) groups excluding carboxylic acids is 2. The van der Waals surface area contributed by atoms with Gasteiger partial charge in [-0.2, -0.15) is 13.2 Å². The van der Waals surface area contributed by atoms with Gasteiger partial charge in [-0.25, -0.2) is 4.39 Å². The number of anilines is 1. The zero-order valence-corrected chi connectivity index (χ0v) is 20.0. The van der Waals surface area contributed by atoms with E-state index in [9.17, 15) is 37.1 Å². The summed E-state index contributed by atoms with van der Waals surface area (Å²) < 4.78 is 59.7. The number of aromatic nitrogens is 1.